The highest BCUT2D eigenvalue weighted by atomic mass is 16.5. The van der Waals surface area contributed by atoms with Crippen LogP contribution in [0.1, 0.15) is 0 Å². The Morgan fingerprint density at radius 3 is 2.80 bits per heavy atom. The fraction of sp³-hybridized carbons (Fsp3) is 0.167. The predicted molar refractivity (Wildman–Crippen MR) is 39.4 cm³/mol. The molecule has 0 spiro atoms. The molecular weight excluding hydrogens is 130 g/mol. The molecule has 1 rings (SSSR count). The topological polar surface area (TPSA) is 65.0 Å². The minimum Gasteiger partial charge on any atom is -0.711 e. The van der Waals surface area contributed by atoms with Gasteiger partial charge in [0.15, 0.2) is 0 Å². The molecule has 4 heteroatoms. The third-order valence-corrected chi connectivity index (χ3v) is 1.19. The molecule has 0 bridgehead atoms. The Bertz CT molecular complexity index is 236. The Morgan fingerprint density at radius 1 is 1.60 bits per heavy atom. The van der Waals surface area contributed by atoms with Gasteiger partial charge in [-0.25, -0.2) is 4.73 Å². The monoisotopic (exact) mass is 139 g/mol. The minimum atomic E-state index is 0.467. The summed E-state index contributed by atoms with van der Waals surface area (Å²) >= 11 is 0. The third-order valence-electron chi connectivity index (χ3n) is 1.19. The number of rotatable bonds is 1. The van der Waals surface area contributed by atoms with Crippen LogP contribution in [0, 0.1) is 5.21 Å². The molecule has 0 fully saturated rings. The summed E-state index contributed by atoms with van der Waals surface area (Å²) in [5.74, 6) is 0.495. The second-order valence-corrected chi connectivity index (χ2v) is 1.92. The highest BCUT2D eigenvalue weighted by molar-refractivity contribution is 5.38. The van der Waals surface area contributed by atoms with E-state index in [1.165, 1.54) is 6.20 Å². The van der Waals surface area contributed by atoms with E-state index in [0.717, 1.165) is 0 Å². The number of anilines is 2. The quantitative estimate of drug-likeness (QED) is 0.423. The van der Waals surface area contributed by atoms with Crippen LogP contribution in [0.4, 0.5) is 11.5 Å². The lowest BCUT2D eigenvalue weighted by Crippen LogP contribution is -2.29. The molecule has 0 saturated carbocycles. The molecule has 3 N–H and O–H groups in total. The number of hydrogen-bond acceptors (Lipinski definition) is 3. The maximum absolute atomic E-state index is 10.8. The average molecular weight is 139 g/mol. The summed E-state index contributed by atoms with van der Waals surface area (Å²) < 4.78 is 0.690. The van der Waals surface area contributed by atoms with E-state index in [0.29, 0.717) is 16.2 Å². The highest BCUT2D eigenvalue weighted by Gasteiger charge is 1.97. The maximum atomic E-state index is 10.8. The summed E-state index contributed by atoms with van der Waals surface area (Å²) in [7, 11) is 1.68. The molecule has 0 aliphatic rings. The Morgan fingerprint density at radius 2 is 2.30 bits per heavy atom. The van der Waals surface area contributed by atoms with Gasteiger partial charge in [-0.2, -0.15) is 0 Å². The molecule has 0 atom stereocenters. The van der Waals surface area contributed by atoms with E-state index in [4.69, 9.17) is 5.73 Å². The number of hydrogen-bond donors (Lipinski definition) is 2. The summed E-state index contributed by atoms with van der Waals surface area (Å²) in [6.45, 7) is 0. The van der Waals surface area contributed by atoms with E-state index >= 15 is 0 Å². The first-order valence-electron chi connectivity index (χ1n) is 2.90. The molecule has 0 aliphatic carbocycles. The van der Waals surface area contributed by atoms with Crippen molar-refractivity contribution in [3.63, 3.8) is 0 Å². The number of pyridine rings is 1. The fourth-order valence-corrected chi connectivity index (χ4v) is 0.690. The van der Waals surface area contributed by atoms with Crippen molar-refractivity contribution in [1.29, 1.82) is 0 Å². The van der Waals surface area contributed by atoms with Crippen molar-refractivity contribution < 1.29 is 4.73 Å². The molecule has 10 heavy (non-hydrogen) atoms. The lowest BCUT2D eigenvalue weighted by molar-refractivity contribution is -0.589. The second kappa shape index (κ2) is 2.43. The van der Waals surface area contributed by atoms with Crippen molar-refractivity contribution in [2.24, 2.45) is 0 Å². The molecule has 0 unspecified atom stereocenters. The van der Waals surface area contributed by atoms with Crippen molar-refractivity contribution in [2.45, 2.75) is 0 Å². The predicted octanol–water partition coefficient (Wildman–Crippen LogP) is -0.0561. The summed E-state index contributed by atoms with van der Waals surface area (Å²) in [5, 5.41) is 13.6. The first-order chi connectivity index (χ1) is 4.74. The van der Waals surface area contributed by atoms with Gasteiger partial charge in [-0.05, 0) is 6.07 Å². The lowest BCUT2D eigenvalue weighted by atomic mass is 10.4. The maximum Gasteiger partial charge on any atom is 0.277 e. The SMILES string of the molecule is CNc1ccc(N)c[n+]1[O-]. The number of aromatic nitrogens is 1. The van der Waals surface area contributed by atoms with Crippen LogP contribution in [0.15, 0.2) is 18.3 Å². The lowest BCUT2D eigenvalue weighted by Gasteiger charge is -2.06. The van der Waals surface area contributed by atoms with Crippen LogP contribution in [-0.4, -0.2) is 7.05 Å². The van der Waals surface area contributed by atoms with Crippen molar-refractivity contribution in [3.8, 4) is 0 Å². The van der Waals surface area contributed by atoms with Gasteiger partial charge in [0, 0.05) is 6.07 Å². The summed E-state index contributed by atoms with van der Waals surface area (Å²) in [6.07, 6.45) is 1.31. The van der Waals surface area contributed by atoms with Crippen LogP contribution < -0.4 is 15.8 Å². The Balaban J connectivity index is 3.07. The van der Waals surface area contributed by atoms with Gasteiger partial charge >= 0.3 is 0 Å². The van der Waals surface area contributed by atoms with Crippen LogP contribution in [0.3, 0.4) is 0 Å². The van der Waals surface area contributed by atoms with E-state index < -0.39 is 0 Å². The van der Waals surface area contributed by atoms with Crippen molar-refractivity contribution in [3.05, 3.63) is 23.5 Å². The molecule has 0 saturated heterocycles. The van der Waals surface area contributed by atoms with Gasteiger partial charge in [-0.1, -0.05) is 0 Å². The molecule has 54 valence electrons. The molecule has 1 aromatic heterocycles. The Kier molecular flexibility index (Phi) is 1.62. The largest absolute Gasteiger partial charge is 0.711 e. The van der Waals surface area contributed by atoms with Crippen LogP contribution in [0.25, 0.3) is 0 Å². The summed E-state index contributed by atoms with van der Waals surface area (Å²) in [5.41, 5.74) is 5.80. The summed E-state index contributed by atoms with van der Waals surface area (Å²) in [6, 6.07) is 3.29. The molecule has 4 nitrogen and oxygen atoms in total. The van der Waals surface area contributed by atoms with Crippen LogP contribution in [0.2, 0.25) is 0 Å². The van der Waals surface area contributed by atoms with E-state index in [1.807, 2.05) is 0 Å². The number of nitrogens with one attached hydrogen (secondary N) is 1. The van der Waals surface area contributed by atoms with Crippen molar-refractivity contribution in [1.82, 2.24) is 0 Å². The van der Waals surface area contributed by atoms with Gasteiger partial charge in [-0.15, -0.1) is 0 Å². The zero-order valence-electron chi connectivity index (χ0n) is 5.66. The molecule has 0 aliphatic heterocycles. The number of nitrogen functional groups attached to an aromatic ring is 1. The molecule has 0 aromatic carbocycles. The average Bonchev–Trinajstić information content (AvgIpc) is 1.88. The van der Waals surface area contributed by atoms with Crippen LogP contribution in [0.5, 0.6) is 0 Å². The second-order valence-electron chi connectivity index (χ2n) is 1.92. The van der Waals surface area contributed by atoms with E-state index in [9.17, 15) is 5.21 Å². The molecular formula is C6H9N3O. The molecule has 0 radical (unpaired) electrons. The van der Waals surface area contributed by atoms with E-state index in [-0.39, 0.29) is 0 Å². The standard InChI is InChI=1S/C6H9N3O/c1-8-6-3-2-5(7)4-9(6)10/h2-4,8H,7H2,1H3. The van der Waals surface area contributed by atoms with Gasteiger partial charge < -0.3 is 10.9 Å². The smallest absolute Gasteiger partial charge is 0.277 e. The van der Waals surface area contributed by atoms with E-state index in [1.54, 1.807) is 19.2 Å². The number of nitrogens with zero attached hydrogens (tertiary/aromatic N) is 1. The van der Waals surface area contributed by atoms with Crippen LogP contribution >= 0.6 is 0 Å². The fourth-order valence-electron chi connectivity index (χ4n) is 0.690. The Labute approximate surface area is 58.9 Å². The van der Waals surface area contributed by atoms with Gasteiger partial charge in [0.2, 0.25) is 0 Å². The molecule has 1 heterocycles. The van der Waals surface area contributed by atoms with Crippen molar-refractivity contribution >= 4 is 11.5 Å². The first kappa shape index (κ1) is 6.67. The number of nitrogens with two attached hydrogens (primary N) is 1. The highest BCUT2D eigenvalue weighted by Crippen LogP contribution is 2.01. The Hall–Kier alpha value is -1.45. The van der Waals surface area contributed by atoms with Gasteiger partial charge in [0.05, 0.1) is 12.7 Å². The first-order valence-corrected chi connectivity index (χ1v) is 2.90. The zero-order valence-corrected chi connectivity index (χ0v) is 5.66. The van der Waals surface area contributed by atoms with E-state index in [2.05, 4.69) is 5.32 Å². The zero-order chi connectivity index (χ0) is 7.56. The van der Waals surface area contributed by atoms with Gasteiger partial charge in [0.25, 0.3) is 5.82 Å². The minimum absolute atomic E-state index is 0.467. The van der Waals surface area contributed by atoms with Crippen molar-refractivity contribution in [2.75, 3.05) is 18.1 Å². The molecule has 0 amide bonds. The van der Waals surface area contributed by atoms with Crippen LogP contribution in [-0.2, 0) is 0 Å². The normalized spacial score (nSPS) is 9.30. The third kappa shape index (κ3) is 1.10. The van der Waals surface area contributed by atoms with Gasteiger partial charge in [-0.3, -0.25) is 5.32 Å². The van der Waals surface area contributed by atoms with Gasteiger partial charge in [0.1, 0.15) is 6.20 Å². The molecule has 1 aromatic rings. The summed E-state index contributed by atoms with van der Waals surface area (Å²) in [4.78, 5) is 0.